The Hall–Kier alpha value is -0.820. The van der Waals surface area contributed by atoms with Crippen LogP contribution in [0, 0.1) is 13.8 Å². The molecule has 0 unspecified atom stereocenters. The lowest BCUT2D eigenvalue weighted by atomic mass is 10.0. The van der Waals surface area contributed by atoms with Gasteiger partial charge in [-0.15, -0.1) is 10.9 Å². The Kier molecular flexibility index (Phi) is 1.69. The first-order chi connectivity index (χ1) is 5.68. The highest BCUT2D eigenvalue weighted by atomic mass is 32.1. The maximum atomic E-state index is 2.24. The molecule has 2 rings (SSSR count). The molecule has 1 aromatic carbocycles. The second kappa shape index (κ2) is 2.60. The van der Waals surface area contributed by atoms with E-state index < -0.39 is 0 Å². The van der Waals surface area contributed by atoms with E-state index in [0.717, 1.165) is 0 Å². The summed E-state index contributed by atoms with van der Waals surface area (Å²) in [4.78, 5) is 2.95. The van der Waals surface area contributed by atoms with Gasteiger partial charge in [0.2, 0.25) is 0 Å². The van der Waals surface area contributed by atoms with Gasteiger partial charge in [-0.3, -0.25) is 0 Å². The van der Waals surface area contributed by atoms with Crippen LogP contribution >= 0.6 is 10.9 Å². The maximum Gasteiger partial charge on any atom is 0.0476 e. The van der Waals surface area contributed by atoms with Crippen molar-refractivity contribution < 1.29 is 0 Å². The molecule has 0 fully saturated rings. The molecule has 0 amide bonds. The summed E-state index contributed by atoms with van der Waals surface area (Å²) in [6, 6.07) is 6.65. The minimum absolute atomic E-state index is 1.35. The minimum atomic E-state index is 1.35. The van der Waals surface area contributed by atoms with E-state index >= 15 is 0 Å². The lowest BCUT2D eigenvalue weighted by Crippen LogP contribution is -1.98. The van der Waals surface area contributed by atoms with Crippen molar-refractivity contribution in [2.24, 2.45) is 0 Å². The van der Waals surface area contributed by atoms with E-state index in [4.69, 9.17) is 0 Å². The first kappa shape index (κ1) is 7.81. The van der Waals surface area contributed by atoms with Crippen LogP contribution in [-0.4, -0.2) is 9.73 Å². The van der Waals surface area contributed by atoms with Crippen molar-refractivity contribution in [3.63, 3.8) is 0 Å². The van der Waals surface area contributed by atoms with Gasteiger partial charge < -0.3 is 0 Å². The lowest BCUT2D eigenvalue weighted by molar-refractivity contribution is 1.37. The lowest BCUT2D eigenvalue weighted by Gasteiger charge is -2.02. The Morgan fingerprint density at radius 2 is 1.75 bits per heavy atom. The van der Waals surface area contributed by atoms with Crippen molar-refractivity contribution in [2.45, 2.75) is 20.8 Å². The van der Waals surface area contributed by atoms with Crippen LogP contribution in [0.15, 0.2) is 18.2 Å². The molecule has 0 aliphatic carbocycles. The average molecular weight is 176 g/mol. The highest BCUT2D eigenvalue weighted by molar-refractivity contribution is 8.12. The smallest absolute Gasteiger partial charge is 0.0476 e. The fourth-order valence-electron chi connectivity index (χ4n) is 1.44. The van der Waals surface area contributed by atoms with Gasteiger partial charge in [0.1, 0.15) is 0 Å². The summed E-state index contributed by atoms with van der Waals surface area (Å²) < 4.78 is 0. The zero-order valence-corrected chi connectivity index (χ0v) is 8.46. The zero-order chi connectivity index (χ0) is 8.72. The Morgan fingerprint density at radius 3 is 2.25 bits per heavy atom. The molecule has 0 spiro atoms. The molecule has 1 heteroatoms. The fraction of sp³-hybridized carbons (Fsp3) is 0.273. The SMILES string of the molecule is CC1=S=C1c1ccc(C)cc1C. The van der Waals surface area contributed by atoms with Crippen molar-refractivity contribution in [3.05, 3.63) is 34.9 Å². The molecule has 1 aliphatic heterocycles. The molecule has 0 atom stereocenters. The summed E-state index contributed by atoms with van der Waals surface area (Å²) >= 11 is 0. The van der Waals surface area contributed by atoms with Gasteiger partial charge in [0.05, 0.1) is 0 Å². The highest BCUT2D eigenvalue weighted by Crippen LogP contribution is 2.19. The Balaban J connectivity index is 2.41. The molecule has 0 N–H and O–H groups in total. The van der Waals surface area contributed by atoms with Crippen LogP contribution in [0.3, 0.4) is 0 Å². The van der Waals surface area contributed by atoms with E-state index in [1.807, 2.05) is 10.9 Å². The molecule has 1 aliphatic rings. The fourth-order valence-corrected chi connectivity index (χ4v) is 2.14. The van der Waals surface area contributed by atoms with Crippen LogP contribution in [0.5, 0.6) is 0 Å². The van der Waals surface area contributed by atoms with Crippen molar-refractivity contribution in [2.75, 3.05) is 0 Å². The van der Waals surface area contributed by atoms with Gasteiger partial charge in [-0.25, -0.2) is 0 Å². The Morgan fingerprint density at radius 1 is 1.08 bits per heavy atom. The van der Waals surface area contributed by atoms with Gasteiger partial charge in [0, 0.05) is 9.73 Å². The van der Waals surface area contributed by atoms with Crippen molar-refractivity contribution in [3.8, 4) is 0 Å². The van der Waals surface area contributed by atoms with Crippen LogP contribution < -0.4 is 0 Å². The van der Waals surface area contributed by atoms with Gasteiger partial charge in [-0.1, -0.05) is 23.8 Å². The van der Waals surface area contributed by atoms with Crippen LogP contribution in [0.2, 0.25) is 0 Å². The molecule has 1 aromatic rings. The quantitative estimate of drug-likeness (QED) is 0.577. The molecule has 0 saturated carbocycles. The van der Waals surface area contributed by atoms with Gasteiger partial charge in [0.25, 0.3) is 0 Å². The van der Waals surface area contributed by atoms with Gasteiger partial charge >= 0.3 is 0 Å². The average Bonchev–Trinajstić information content (AvgIpc) is 2.66. The molecule has 1 heterocycles. The van der Waals surface area contributed by atoms with Gasteiger partial charge in [-0.2, -0.15) is 0 Å². The predicted octanol–water partition coefficient (Wildman–Crippen LogP) is 2.76. The topological polar surface area (TPSA) is 0 Å². The van der Waals surface area contributed by atoms with Crippen molar-refractivity contribution >= 4 is 20.7 Å². The predicted molar refractivity (Wildman–Crippen MR) is 58.3 cm³/mol. The van der Waals surface area contributed by atoms with Crippen molar-refractivity contribution in [1.29, 1.82) is 0 Å². The number of benzene rings is 1. The number of rotatable bonds is 1. The highest BCUT2D eigenvalue weighted by Gasteiger charge is 2.14. The van der Waals surface area contributed by atoms with Crippen LogP contribution in [0.25, 0.3) is 0 Å². The Labute approximate surface area is 76.8 Å². The molecule has 0 aromatic heterocycles. The summed E-state index contributed by atoms with van der Waals surface area (Å²) in [7, 11) is 1.90. The van der Waals surface area contributed by atoms with Crippen molar-refractivity contribution in [1.82, 2.24) is 0 Å². The molecule has 12 heavy (non-hydrogen) atoms. The summed E-state index contributed by atoms with van der Waals surface area (Å²) in [6.07, 6.45) is 0. The Bertz CT molecular complexity index is 407. The summed E-state index contributed by atoms with van der Waals surface area (Å²) in [6.45, 7) is 6.50. The molecular formula is C11H12S. The maximum absolute atomic E-state index is 2.24. The monoisotopic (exact) mass is 176 g/mol. The summed E-state index contributed by atoms with van der Waals surface area (Å²) in [5.74, 6) is 0. The van der Waals surface area contributed by atoms with Gasteiger partial charge in [-0.05, 0) is 31.9 Å². The minimum Gasteiger partial charge on any atom is -0.138 e. The second-order valence-corrected chi connectivity index (χ2v) is 4.53. The molecule has 0 nitrogen and oxygen atoms in total. The molecule has 0 saturated heterocycles. The first-order valence-electron chi connectivity index (χ1n) is 4.15. The third-order valence-corrected chi connectivity index (χ3v) is 3.20. The normalized spacial score (nSPS) is 14.6. The van der Waals surface area contributed by atoms with Crippen LogP contribution in [0.4, 0.5) is 0 Å². The number of hydrogen-bond donors (Lipinski definition) is 0. The summed E-state index contributed by atoms with van der Waals surface area (Å²) in [5, 5.41) is 0. The molecule has 0 bridgehead atoms. The second-order valence-electron chi connectivity index (χ2n) is 3.31. The van der Waals surface area contributed by atoms with Crippen LogP contribution in [-0.2, 0) is 0 Å². The van der Waals surface area contributed by atoms with Crippen LogP contribution in [0.1, 0.15) is 23.6 Å². The van der Waals surface area contributed by atoms with Gasteiger partial charge in [0.15, 0.2) is 0 Å². The zero-order valence-electron chi connectivity index (χ0n) is 7.64. The van der Waals surface area contributed by atoms with E-state index in [-0.39, 0.29) is 0 Å². The van der Waals surface area contributed by atoms with E-state index in [1.54, 1.807) is 0 Å². The third-order valence-electron chi connectivity index (χ3n) is 2.16. The van der Waals surface area contributed by atoms with E-state index in [9.17, 15) is 0 Å². The molecule has 62 valence electrons. The standard InChI is InChI=1S/C11H12S/c1-7-4-5-10(8(2)6-7)11-9(3)12-11/h4-6H,1-3H3. The number of hydrogen-bond acceptors (Lipinski definition) is 0. The molecular weight excluding hydrogens is 164 g/mol. The summed E-state index contributed by atoms with van der Waals surface area (Å²) in [5.41, 5.74) is 4.16. The largest absolute Gasteiger partial charge is 0.138 e. The molecule has 0 radical (unpaired) electrons. The van der Waals surface area contributed by atoms with E-state index in [0.29, 0.717) is 0 Å². The number of aryl methyl sites for hydroxylation is 2. The van der Waals surface area contributed by atoms with E-state index in [1.165, 1.54) is 26.4 Å². The third kappa shape index (κ3) is 1.25. The van der Waals surface area contributed by atoms with E-state index in [2.05, 4.69) is 39.0 Å². The first-order valence-corrected chi connectivity index (χ1v) is 4.96.